The summed E-state index contributed by atoms with van der Waals surface area (Å²) in [5.41, 5.74) is 6.92. The second-order valence-electron chi connectivity index (χ2n) is 9.83. The van der Waals surface area contributed by atoms with E-state index in [2.05, 4.69) is 44.5 Å². The van der Waals surface area contributed by atoms with Crippen LogP contribution in [-0.4, -0.2) is 86.7 Å². The van der Waals surface area contributed by atoms with Crippen LogP contribution in [0.4, 0.5) is 0 Å². The number of aromatic nitrogens is 2. The van der Waals surface area contributed by atoms with Gasteiger partial charge in [0, 0.05) is 49.3 Å². The fourth-order valence-electron chi connectivity index (χ4n) is 3.81. The van der Waals surface area contributed by atoms with E-state index in [0.29, 0.717) is 31.0 Å². The molecule has 0 unspecified atom stereocenters. The number of hydrogen-bond donors (Lipinski definition) is 3. The van der Waals surface area contributed by atoms with E-state index in [1.807, 2.05) is 37.3 Å². The number of hydroxylamine groups is 1. The number of carbonyl (C=O) groups is 4. The first-order valence-electron chi connectivity index (χ1n) is 14.2. The number of aryl methyl sites for hydroxylation is 1. The number of ketones is 1. The molecular weight excluding hydrogens is 751 g/mol. The quantitative estimate of drug-likeness (QED) is 0.0883. The molecule has 3 amide bonds. The van der Waals surface area contributed by atoms with Crippen LogP contribution in [0.5, 0.6) is 0 Å². The third-order valence-electron chi connectivity index (χ3n) is 6.16. The van der Waals surface area contributed by atoms with Gasteiger partial charge in [-0.25, -0.2) is 23.7 Å². The van der Waals surface area contributed by atoms with Gasteiger partial charge in [0.2, 0.25) is 10.0 Å². The number of rotatable bonds is 19. The maximum atomic E-state index is 12.0. The van der Waals surface area contributed by atoms with Gasteiger partial charge in [-0.1, -0.05) is 49.5 Å². The van der Waals surface area contributed by atoms with Crippen LogP contribution in [0.3, 0.4) is 0 Å². The molecule has 48 heavy (non-hydrogen) atoms. The van der Waals surface area contributed by atoms with Crippen LogP contribution in [0.1, 0.15) is 17.7 Å². The van der Waals surface area contributed by atoms with Crippen molar-refractivity contribution in [1.29, 1.82) is 0 Å². The SMILES string of the molecule is Cc1ccc(-c2cc(CONCCNCCC(=O)C[N-]C(=O)C[N-]C(=O)C[N-]C(=O)C[S-])nn2-c2ccc(S(N)(=O)=O)cc2)cc1.[O]=[Tc+4]. The molecule has 3 aromatic rings. The second kappa shape index (κ2) is 21.3. The van der Waals surface area contributed by atoms with E-state index < -0.39 is 40.8 Å². The second-order valence-corrected chi connectivity index (χ2v) is 11.7. The molecule has 0 saturated heterocycles. The van der Waals surface area contributed by atoms with Crippen molar-refractivity contribution in [2.24, 2.45) is 5.14 Å². The molecule has 257 valence electrons. The molecule has 0 fully saturated rings. The number of nitrogens with zero attached hydrogens (tertiary/aromatic N) is 5. The summed E-state index contributed by atoms with van der Waals surface area (Å²) in [4.78, 5) is 51.7. The molecule has 3 rings (SSSR count). The van der Waals surface area contributed by atoms with E-state index >= 15 is 0 Å². The van der Waals surface area contributed by atoms with Crippen molar-refractivity contribution in [3.63, 3.8) is 0 Å². The Morgan fingerprint density at radius 1 is 0.896 bits per heavy atom. The first-order chi connectivity index (χ1) is 23.0. The molecule has 0 aliphatic rings. The molecule has 4 N–H and O–H groups in total. The summed E-state index contributed by atoms with van der Waals surface area (Å²) in [6.45, 7) is 2.10. The minimum absolute atomic E-state index is 0.000837. The summed E-state index contributed by atoms with van der Waals surface area (Å²) < 4.78 is 33.2. The van der Waals surface area contributed by atoms with Crippen LogP contribution in [-0.2, 0) is 75.6 Å². The number of Topliss-reactive ketones (excluding diaryl/α,β-unsaturated/α-hetero) is 1. The third kappa shape index (κ3) is 14.6. The number of nitrogens with one attached hydrogen (secondary N) is 2. The Labute approximate surface area is 294 Å². The molecule has 1 heterocycles. The standard InChI is InChI=1S/C29H38N8O7S2.O.Tc/c1-20-2-4-21(5-3-20)26-14-22(36-37(26)23-6-8-25(9-7-23)46(30,42)43)18-44-35-13-12-31-11-10-24(38)15-32-27(39)16-33-28(40)17-34-29(41)19-45;;/h2-9,14,31,35H,10-13,15-19H2,1H3,(H6,30,32,33,34,39,40,41,42,43,45);;/q;;+4/p-4. The Hall–Kier alpha value is -3.68. The Bertz CT molecular complexity index is 1620. The van der Waals surface area contributed by atoms with Crippen LogP contribution < -0.4 is 15.9 Å². The van der Waals surface area contributed by atoms with E-state index in [1.54, 1.807) is 16.8 Å². The topological polar surface area (TPSA) is 239 Å². The van der Waals surface area contributed by atoms with Crippen LogP contribution in [0, 0.1) is 6.92 Å². The van der Waals surface area contributed by atoms with Crippen molar-refractivity contribution in [3.8, 4) is 16.9 Å². The van der Waals surface area contributed by atoms with Crippen LogP contribution in [0.2, 0.25) is 0 Å². The molecule has 0 spiro atoms. The zero-order valence-corrected chi connectivity index (χ0v) is 29.3. The van der Waals surface area contributed by atoms with Crippen molar-refractivity contribution >= 4 is 46.2 Å². The number of primary sulfonamides is 1. The number of benzene rings is 2. The molecule has 0 bridgehead atoms. The van der Waals surface area contributed by atoms with Gasteiger partial charge < -0.3 is 53.1 Å². The first kappa shape index (κ1) is 40.5. The maximum absolute atomic E-state index is 12.0. The van der Waals surface area contributed by atoms with E-state index in [4.69, 9.17) is 13.5 Å². The molecule has 0 saturated carbocycles. The number of amides is 3. The van der Waals surface area contributed by atoms with Crippen LogP contribution >= 0.6 is 0 Å². The summed E-state index contributed by atoms with van der Waals surface area (Å²) in [7, 11) is -3.83. The van der Waals surface area contributed by atoms with Gasteiger partial charge in [0.15, 0.2) is 0 Å². The van der Waals surface area contributed by atoms with Gasteiger partial charge in [-0.15, -0.1) is 5.75 Å². The predicted molar refractivity (Wildman–Crippen MR) is 173 cm³/mol. The monoisotopic (exact) mass is 783 g/mol. The fraction of sp³-hybridized carbons (Fsp3) is 0.345. The van der Waals surface area contributed by atoms with E-state index in [1.165, 1.54) is 12.1 Å². The van der Waals surface area contributed by atoms with E-state index in [9.17, 15) is 27.6 Å². The van der Waals surface area contributed by atoms with Gasteiger partial charge in [0.25, 0.3) is 0 Å². The molecule has 2 aromatic carbocycles. The van der Waals surface area contributed by atoms with Crippen molar-refractivity contribution in [1.82, 2.24) is 20.6 Å². The molecule has 19 heteroatoms. The van der Waals surface area contributed by atoms with Crippen molar-refractivity contribution in [3.05, 3.63) is 81.8 Å². The average molecular weight is 785 g/mol. The third-order valence-corrected chi connectivity index (χ3v) is 7.34. The van der Waals surface area contributed by atoms with E-state index in [0.717, 1.165) is 35.7 Å². The van der Waals surface area contributed by atoms with Gasteiger partial charge in [-0.05, 0) is 37.3 Å². The molecule has 16 nitrogen and oxygen atoms in total. The molecule has 0 aliphatic heterocycles. The van der Waals surface area contributed by atoms with Gasteiger partial charge in [-0.3, -0.25) is 4.84 Å². The normalized spacial score (nSPS) is 10.9. The first-order valence-corrected chi connectivity index (χ1v) is 17.1. The van der Waals surface area contributed by atoms with Crippen LogP contribution in [0.25, 0.3) is 32.9 Å². The summed E-state index contributed by atoms with van der Waals surface area (Å²) >= 11 is 5.40. The van der Waals surface area contributed by atoms with Gasteiger partial charge >= 0.3 is 22.4 Å². The molecule has 0 atom stereocenters. The predicted octanol–water partition coefficient (Wildman–Crippen LogP) is 1.19. The van der Waals surface area contributed by atoms with Gasteiger partial charge in [0.05, 0.1) is 22.0 Å². The Morgan fingerprint density at radius 3 is 2.10 bits per heavy atom. The van der Waals surface area contributed by atoms with Gasteiger partial charge in [-0.2, -0.15) is 5.10 Å². The summed E-state index contributed by atoms with van der Waals surface area (Å²) in [6, 6.07) is 15.9. The van der Waals surface area contributed by atoms with Crippen molar-refractivity contribution < 1.29 is 54.8 Å². The molecular formula is C29H34N8O8S2Tc. The summed E-state index contributed by atoms with van der Waals surface area (Å²) in [5, 5.41) is 23.4. The van der Waals surface area contributed by atoms with Crippen molar-refractivity contribution in [2.75, 3.05) is 45.0 Å². The number of carbonyl (C=O) groups excluding carboxylic acids is 4. The van der Waals surface area contributed by atoms with Crippen molar-refractivity contribution in [2.45, 2.75) is 24.8 Å². The fourth-order valence-corrected chi connectivity index (χ4v) is 4.41. The molecule has 0 radical (unpaired) electrons. The molecule has 0 aliphatic carbocycles. The zero-order chi connectivity index (χ0) is 35.5. The Kier molecular flexibility index (Phi) is 18.0. The minimum atomic E-state index is -3.83. The Morgan fingerprint density at radius 2 is 1.50 bits per heavy atom. The number of nitrogens with two attached hydrogens (primary N) is 1. The zero-order valence-electron chi connectivity index (χ0n) is 25.8. The van der Waals surface area contributed by atoms with Gasteiger partial charge in [0.1, 0.15) is 12.4 Å². The number of sulfonamides is 1. The Balaban J connectivity index is 0.00000392. The van der Waals surface area contributed by atoms with E-state index in [-0.39, 0.29) is 36.0 Å². The van der Waals surface area contributed by atoms with Crippen LogP contribution in [0.15, 0.2) is 59.5 Å². The average Bonchev–Trinajstić information content (AvgIpc) is 3.51. The number of hydrogen-bond acceptors (Lipinski definition) is 12. The summed E-state index contributed by atoms with van der Waals surface area (Å²) in [6.07, 6.45) is 0.146. The summed E-state index contributed by atoms with van der Waals surface area (Å²) in [5.74, 6) is -2.57. The molecule has 1 aromatic heterocycles.